The Morgan fingerprint density at radius 3 is 2.60 bits per heavy atom. The van der Waals surface area contributed by atoms with Gasteiger partial charge in [-0.15, -0.1) is 0 Å². The molecule has 1 aromatic rings. The Hall–Kier alpha value is -1.48. The predicted molar refractivity (Wildman–Crippen MR) is 95.7 cm³/mol. The van der Waals surface area contributed by atoms with Gasteiger partial charge in [-0.05, 0) is 18.6 Å². The summed E-state index contributed by atoms with van der Waals surface area (Å²) >= 11 is 0. The van der Waals surface area contributed by atoms with E-state index in [2.05, 4.69) is 14.9 Å². The van der Waals surface area contributed by atoms with Crippen molar-refractivity contribution in [1.29, 1.82) is 0 Å². The molecule has 25 heavy (non-hydrogen) atoms. The van der Waals surface area contributed by atoms with Crippen molar-refractivity contribution in [2.24, 2.45) is 0 Å². The highest BCUT2D eigenvalue weighted by Crippen LogP contribution is 2.17. The summed E-state index contributed by atoms with van der Waals surface area (Å²) in [7, 11) is -3.54. The van der Waals surface area contributed by atoms with Crippen LogP contribution in [0, 0.1) is 0 Å². The third kappa shape index (κ3) is 4.78. The molecule has 2 heterocycles. The molecule has 0 aromatic heterocycles. The van der Waals surface area contributed by atoms with Gasteiger partial charge >= 0.3 is 0 Å². The highest BCUT2D eigenvalue weighted by molar-refractivity contribution is 7.89. The Morgan fingerprint density at radius 2 is 1.88 bits per heavy atom. The van der Waals surface area contributed by atoms with Crippen LogP contribution < -0.4 is 10.0 Å². The van der Waals surface area contributed by atoms with Crippen LogP contribution in [-0.2, 0) is 14.8 Å². The monoisotopic (exact) mass is 366 g/mol. The maximum atomic E-state index is 12.4. The van der Waals surface area contributed by atoms with Gasteiger partial charge in [0.05, 0.1) is 4.90 Å². The molecule has 2 aliphatic rings. The van der Waals surface area contributed by atoms with Crippen LogP contribution in [0.5, 0.6) is 0 Å². The number of piperazine rings is 1. The van der Waals surface area contributed by atoms with E-state index in [1.807, 2.05) is 4.90 Å². The molecular weight excluding hydrogens is 340 g/mol. The summed E-state index contributed by atoms with van der Waals surface area (Å²) in [5, 5.41) is 3.34. The van der Waals surface area contributed by atoms with E-state index in [-0.39, 0.29) is 23.8 Å². The molecule has 2 fully saturated rings. The van der Waals surface area contributed by atoms with E-state index >= 15 is 0 Å². The summed E-state index contributed by atoms with van der Waals surface area (Å²) < 4.78 is 26.8. The van der Waals surface area contributed by atoms with Gasteiger partial charge in [-0.1, -0.05) is 18.2 Å². The van der Waals surface area contributed by atoms with Crippen molar-refractivity contribution in [2.75, 3.05) is 45.8 Å². The second kappa shape index (κ2) is 8.27. The minimum absolute atomic E-state index is 0.0217. The second-order valence-electron chi connectivity index (χ2n) is 6.53. The SMILES string of the molecule is O=C(CCNS(=O)(=O)c1ccccc1)N1CCC(N2CCNCC2)C1. The van der Waals surface area contributed by atoms with Gasteiger partial charge in [0, 0.05) is 58.3 Å². The molecular formula is C17H26N4O3S. The van der Waals surface area contributed by atoms with Gasteiger partial charge in [-0.25, -0.2) is 13.1 Å². The topological polar surface area (TPSA) is 81.8 Å². The Bertz CT molecular complexity index is 674. The van der Waals surface area contributed by atoms with Crippen molar-refractivity contribution >= 4 is 15.9 Å². The van der Waals surface area contributed by atoms with E-state index in [4.69, 9.17) is 0 Å². The van der Waals surface area contributed by atoms with Crippen molar-refractivity contribution in [2.45, 2.75) is 23.8 Å². The third-order valence-electron chi connectivity index (χ3n) is 4.87. The average Bonchev–Trinajstić information content (AvgIpc) is 3.13. The highest BCUT2D eigenvalue weighted by Gasteiger charge is 2.30. The number of likely N-dealkylation sites (tertiary alicyclic amines) is 1. The molecule has 8 heteroatoms. The molecule has 0 aliphatic carbocycles. The number of nitrogens with one attached hydrogen (secondary N) is 2. The van der Waals surface area contributed by atoms with E-state index in [9.17, 15) is 13.2 Å². The number of rotatable bonds is 6. The first-order chi connectivity index (χ1) is 12.1. The van der Waals surface area contributed by atoms with E-state index in [0.717, 1.165) is 45.7 Å². The molecule has 0 spiro atoms. The average molecular weight is 366 g/mol. The predicted octanol–water partition coefficient (Wildman–Crippen LogP) is -0.139. The van der Waals surface area contributed by atoms with Crippen LogP contribution in [0.1, 0.15) is 12.8 Å². The number of hydrogen-bond donors (Lipinski definition) is 2. The number of amides is 1. The summed E-state index contributed by atoms with van der Waals surface area (Å²) in [4.78, 5) is 16.9. The molecule has 0 radical (unpaired) electrons. The zero-order valence-electron chi connectivity index (χ0n) is 14.4. The van der Waals surface area contributed by atoms with Crippen LogP contribution >= 0.6 is 0 Å². The molecule has 3 rings (SSSR count). The van der Waals surface area contributed by atoms with Gasteiger partial charge in [-0.3, -0.25) is 9.69 Å². The highest BCUT2D eigenvalue weighted by atomic mass is 32.2. The van der Waals surface area contributed by atoms with Crippen LogP contribution in [0.15, 0.2) is 35.2 Å². The van der Waals surface area contributed by atoms with Gasteiger partial charge < -0.3 is 10.2 Å². The molecule has 1 atom stereocenters. The first kappa shape index (κ1) is 18.3. The first-order valence-corrected chi connectivity index (χ1v) is 10.3. The van der Waals surface area contributed by atoms with E-state index in [0.29, 0.717) is 6.04 Å². The number of carbonyl (C=O) groups is 1. The molecule has 1 aromatic carbocycles. The third-order valence-corrected chi connectivity index (χ3v) is 6.35. The molecule has 2 N–H and O–H groups in total. The molecule has 1 unspecified atom stereocenters. The minimum Gasteiger partial charge on any atom is -0.341 e. The zero-order valence-corrected chi connectivity index (χ0v) is 15.2. The smallest absolute Gasteiger partial charge is 0.240 e. The molecule has 0 bridgehead atoms. The van der Waals surface area contributed by atoms with Gasteiger partial charge in [0.1, 0.15) is 0 Å². The molecule has 138 valence electrons. The first-order valence-electron chi connectivity index (χ1n) is 8.83. The number of sulfonamides is 1. The standard InChI is InChI=1S/C17H26N4O3S/c22-17(6-8-19-25(23,24)16-4-2-1-3-5-16)21-11-7-15(14-21)20-12-9-18-10-13-20/h1-5,15,18-19H,6-14H2. The normalized spacial score (nSPS) is 22.2. The molecule has 2 aliphatic heterocycles. The lowest BCUT2D eigenvalue weighted by Gasteiger charge is -2.32. The van der Waals surface area contributed by atoms with Crippen LogP contribution in [0.25, 0.3) is 0 Å². The molecule has 2 saturated heterocycles. The van der Waals surface area contributed by atoms with E-state index < -0.39 is 10.0 Å². The molecule has 1 amide bonds. The van der Waals surface area contributed by atoms with Crippen LogP contribution in [-0.4, -0.2) is 76.0 Å². The van der Waals surface area contributed by atoms with Crippen LogP contribution in [0.2, 0.25) is 0 Å². The lowest BCUT2D eigenvalue weighted by Crippen LogP contribution is -2.49. The fourth-order valence-electron chi connectivity index (χ4n) is 3.45. The summed E-state index contributed by atoms with van der Waals surface area (Å²) in [6, 6.07) is 8.66. The molecule has 7 nitrogen and oxygen atoms in total. The second-order valence-corrected chi connectivity index (χ2v) is 8.30. The fourth-order valence-corrected chi connectivity index (χ4v) is 4.50. The van der Waals surface area contributed by atoms with Crippen LogP contribution in [0.3, 0.4) is 0 Å². The van der Waals surface area contributed by atoms with E-state index in [1.165, 1.54) is 0 Å². The van der Waals surface area contributed by atoms with Gasteiger partial charge in [-0.2, -0.15) is 0 Å². The van der Waals surface area contributed by atoms with Gasteiger partial charge in [0.25, 0.3) is 0 Å². The largest absolute Gasteiger partial charge is 0.341 e. The Labute approximate surface area is 149 Å². The van der Waals surface area contributed by atoms with Crippen molar-refractivity contribution in [3.63, 3.8) is 0 Å². The van der Waals surface area contributed by atoms with Crippen molar-refractivity contribution in [1.82, 2.24) is 19.8 Å². The van der Waals surface area contributed by atoms with E-state index in [1.54, 1.807) is 30.3 Å². The molecule has 0 saturated carbocycles. The number of benzene rings is 1. The maximum absolute atomic E-state index is 12.4. The lowest BCUT2D eigenvalue weighted by atomic mass is 10.2. The van der Waals surface area contributed by atoms with Crippen molar-refractivity contribution in [3.05, 3.63) is 30.3 Å². The lowest BCUT2D eigenvalue weighted by molar-refractivity contribution is -0.130. The Morgan fingerprint density at radius 1 is 1.16 bits per heavy atom. The zero-order chi connectivity index (χ0) is 17.7. The fraction of sp³-hybridized carbons (Fsp3) is 0.588. The quantitative estimate of drug-likeness (QED) is 0.732. The summed E-state index contributed by atoms with van der Waals surface area (Å²) in [6.07, 6.45) is 1.20. The summed E-state index contributed by atoms with van der Waals surface area (Å²) in [5.74, 6) is 0.0217. The Balaban J connectivity index is 1.44. The number of nitrogens with zero attached hydrogens (tertiary/aromatic N) is 2. The Kier molecular flexibility index (Phi) is 6.06. The number of hydrogen-bond acceptors (Lipinski definition) is 5. The van der Waals surface area contributed by atoms with Crippen LogP contribution in [0.4, 0.5) is 0 Å². The minimum atomic E-state index is -3.54. The van der Waals surface area contributed by atoms with Crippen molar-refractivity contribution < 1.29 is 13.2 Å². The number of carbonyl (C=O) groups excluding carboxylic acids is 1. The van der Waals surface area contributed by atoms with Crippen molar-refractivity contribution in [3.8, 4) is 0 Å². The van der Waals surface area contributed by atoms with Gasteiger partial charge in [0.2, 0.25) is 15.9 Å². The maximum Gasteiger partial charge on any atom is 0.240 e. The van der Waals surface area contributed by atoms with Gasteiger partial charge in [0.15, 0.2) is 0 Å². The summed E-state index contributed by atoms with van der Waals surface area (Å²) in [6.45, 7) is 5.72. The summed E-state index contributed by atoms with van der Waals surface area (Å²) in [5.41, 5.74) is 0.